The molecule has 1 saturated heterocycles. The first kappa shape index (κ1) is 14.2. The molecule has 1 N–H and O–H groups in total. The second-order valence-electron chi connectivity index (χ2n) is 5.98. The maximum Gasteiger partial charge on any atom is 0.320 e. The molecule has 5 heteroatoms. The van der Waals surface area contributed by atoms with Gasteiger partial charge in [-0.1, -0.05) is 26.2 Å². The molecule has 0 radical (unpaired) electrons. The van der Waals surface area contributed by atoms with Gasteiger partial charge in [-0.05, 0) is 12.8 Å². The van der Waals surface area contributed by atoms with E-state index in [9.17, 15) is 9.59 Å². The number of aliphatic carboxylic acids is 1. The molecule has 1 heterocycles. The van der Waals surface area contributed by atoms with Gasteiger partial charge in [-0.15, -0.1) is 0 Å². The average Bonchev–Trinajstić information content (AvgIpc) is 2.36. The van der Waals surface area contributed by atoms with Crippen LogP contribution in [0, 0.1) is 11.8 Å². The van der Waals surface area contributed by atoms with Crippen LogP contribution in [0.15, 0.2) is 0 Å². The van der Waals surface area contributed by atoms with Crippen molar-refractivity contribution in [3.8, 4) is 0 Å². The molecule has 0 aromatic heterocycles. The summed E-state index contributed by atoms with van der Waals surface area (Å²) < 4.78 is 0. The lowest BCUT2D eigenvalue weighted by molar-refractivity contribution is -0.144. The molecule has 0 aromatic carbocycles. The lowest BCUT2D eigenvalue weighted by Crippen LogP contribution is -2.58. The van der Waals surface area contributed by atoms with E-state index in [-0.39, 0.29) is 17.9 Å². The number of carboxylic acid groups (broad SMARTS) is 1. The number of rotatable bonds is 3. The molecule has 0 bridgehead atoms. The largest absolute Gasteiger partial charge is 0.481 e. The predicted molar refractivity (Wildman–Crippen MR) is 71.9 cm³/mol. The Kier molecular flexibility index (Phi) is 4.32. The number of urea groups is 1. The number of carboxylic acids is 1. The maximum atomic E-state index is 12.3. The molecule has 1 aliphatic carbocycles. The fourth-order valence-electron chi connectivity index (χ4n) is 3.03. The minimum atomic E-state index is -0.766. The number of likely N-dealkylation sites (tertiary alicyclic amines) is 1. The molecule has 2 rings (SSSR count). The zero-order chi connectivity index (χ0) is 14.0. The Bertz CT molecular complexity index is 347. The summed E-state index contributed by atoms with van der Waals surface area (Å²) in [5.41, 5.74) is 0. The van der Waals surface area contributed by atoms with Crippen LogP contribution in [0.4, 0.5) is 4.79 Å². The van der Waals surface area contributed by atoms with Crippen LogP contribution in [-0.4, -0.2) is 53.1 Å². The molecule has 1 saturated carbocycles. The molecule has 0 spiro atoms. The Balaban J connectivity index is 1.80. The van der Waals surface area contributed by atoms with E-state index in [4.69, 9.17) is 5.11 Å². The van der Waals surface area contributed by atoms with Crippen LogP contribution in [-0.2, 0) is 4.79 Å². The van der Waals surface area contributed by atoms with E-state index in [1.807, 2.05) is 11.9 Å². The topological polar surface area (TPSA) is 60.9 Å². The monoisotopic (exact) mass is 268 g/mol. The van der Waals surface area contributed by atoms with Gasteiger partial charge in [0.2, 0.25) is 0 Å². The summed E-state index contributed by atoms with van der Waals surface area (Å²) in [6.07, 6.45) is 5.90. The molecule has 2 aliphatic rings. The van der Waals surface area contributed by atoms with Crippen molar-refractivity contribution in [2.75, 3.05) is 20.1 Å². The van der Waals surface area contributed by atoms with Gasteiger partial charge in [-0.3, -0.25) is 4.79 Å². The normalized spacial score (nSPS) is 22.7. The molecule has 1 atom stereocenters. The van der Waals surface area contributed by atoms with Crippen molar-refractivity contribution in [2.24, 2.45) is 11.8 Å². The van der Waals surface area contributed by atoms with Crippen molar-refractivity contribution in [1.82, 2.24) is 9.80 Å². The number of carbonyl (C=O) groups is 2. The second-order valence-corrected chi connectivity index (χ2v) is 5.98. The summed E-state index contributed by atoms with van der Waals surface area (Å²) in [5, 5.41) is 8.94. The van der Waals surface area contributed by atoms with E-state index in [0.717, 1.165) is 12.8 Å². The summed E-state index contributed by atoms with van der Waals surface area (Å²) in [5.74, 6) is -1.01. The predicted octanol–water partition coefficient (Wildman–Crippen LogP) is 2.02. The van der Waals surface area contributed by atoms with E-state index >= 15 is 0 Å². The fourth-order valence-corrected chi connectivity index (χ4v) is 3.03. The highest BCUT2D eigenvalue weighted by molar-refractivity contribution is 5.76. The first-order valence-electron chi connectivity index (χ1n) is 7.25. The number of amides is 2. The molecule has 0 aromatic rings. The van der Waals surface area contributed by atoms with E-state index in [1.54, 1.807) is 11.8 Å². The molecule has 1 aliphatic heterocycles. The Hall–Kier alpha value is -1.26. The highest BCUT2D eigenvalue weighted by atomic mass is 16.4. The zero-order valence-electron chi connectivity index (χ0n) is 11.8. The number of nitrogens with zero attached hydrogens (tertiary/aromatic N) is 2. The van der Waals surface area contributed by atoms with E-state index in [2.05, 4.69) is 0 Å². The first-order chi connectivity index (χ1) is 9.00. The van der Waals surface area contributed by atoms with E-state index in [1.165, 1.54) is 19.3 Å². The molecular formula is C14H24N2O3. The quantitative estimate of drug-likeness (QED) is 0.852. The molecule has 5 nitrogen and oxygen atoms in total. The third-order valence-electron chi connectivity index (χ3n) is 4.70. The summed E-state index contributed by atoms with van der Waals surface area (Å²) in [6, 6.07) is 0.443. The summed E-state index contributed by atoms with van der Waals surface area (Å²) in [4.78, 5) is 26.8. The van der Waals surface area contributed by atoms with E-state index < -0.39 is 5.97 Å². The van der Waals surface area contributed by atoms with Crippen molar-refractivity contribution >= 4 is 12.0 Å². The first-order valence-corrected chi connectivity index (χ1v) is 7.25. The van der Waals surface area contributed by atoms with Gasteiger partial charge in [0.25, 0.3) is 0 Å². The van der Waals surface area contributed by atoms with Crippen LogP contribution in [0.1, 0.15) is 39.0 Å². The van der Waals surface area contributed by atoms with Crippen LogP contribution < -0.4 is 0 Å². The number of carbonyl (C=O) groups excluding carboxylic acids is 1. The zero-order valence-corrected chi connectivity index (χ0v) is 11.8. The van der Waals surface area contributed by atoms with Crippen LogP contribution >= 0.6 is 0 Å². The third-order valence-corrected chi connectivity index (χ3v) is 4.70. The SMILES string of the molecule is CC(C(=O)O)C1CN(C(=O)N(C)C2CCCCC2)C1. The van der Waals surface area contributed by atoms with Crippen molar-refractivity contribution in [2.45, 2.75) is 45.1 Å². The van der Waals surface area contributed by atoms with Gasteiger partial charge < -0.3 is 14.9 Å². The Morgan fingerprint density at radius 2 is 1.79 bits per heavy atom. The van der Waals surface area contributed by atoms with Crippen molar-refractivity contribution in [3.05, 3.63) is 0 Å². The van der Waals surface area contributed by atoms with Gasteiger partial charge in [-0.2, -0.15) is 0 Å². The summed E-state index contributed by atoms with van der Waals surface area (Å²) in [7, 11) is 1.88. The van der Waals surface area contributed by atoms with Gasteiger partial charge in [0.05, 0.1) is 5.92 Å². The highest BCUT2D eigenvalue weighted by Crippen LogP contribution is 2.27. The average molecular weight is 268 g/mol. The Morgan fingerprint density at radius 3 is 2.32 bits per heavy atom. The van der Waals surface area contributed by atoms with Crippen LogP contribution in [0.5, 0.6) is 0 Å². The van der Waals surface area contributed by atoms with Crippen LogP contribution in [0.3, 0.4) is 0 Å². The maximum absolute atomic E-state index is 12.3. The fraction of sp³-hybridized carbons (Fsp3) is 0.857. The summed E-state index contributed by atoms with van der Waals surface area (Å²) in [6.45, 7) is 2.90. The lowest BCUT2D eigenvalue weighted by atomic mass is 9.87. The molecule has 108 valence electrons. The highest BCUT2D eigenvalue weighted by Gasteiger charge is 2.39. The molecule has 1 unspecified atom stereocenters. The lowest BCUT2D eigenvalue weighted by Gasteiger charge is -2.44. The van der Waals surface area contributed by atoms with Gasteiger partial charge in [0.15, 0.2) is 0 Å². The van der Waals surface area contributed by atoms with Gasteiger partial charge >= 0.3 is 12.0 Å². The Morgan fingerprint density at radius 1 is 1.21 bits per heavy atom. The molecule has 2 fully saturated rings. The molecule has 2 amide bonds. The van der Waals surface area contributed by atoms with Crippen LogP contribution in [0.25, 0.3) is 0 Å². The van der Waals surface area contributed by atoms with Gasteiger partial charge in [-0.25, -0.2) is 4.79 Å². The van der Waals surface area contributed by atoms with Crippen molar-refractivity contribution < 1.29 is 14.7 Å². The number of hydrogen-bond donors (Lipinski definition) is 1. The number of hydrogen-bond acceptors (Lipinski definition) is 2. The minimum absolute atomic E-state index is 0.0701. The minimum Gasteiger partial charge on any atom is -0.481 e. The smallest absolute Gasteiger partial charge is 0.320 e. The van der Waals surface area contributed by atoms with Gasteiger partial charge in [0, 0.05) is 32.1 Å². The molecule has 19 heavy (non-hydrogen) atoms. The second kappa shape index (κ2) is 5.80. The van der Waals surface area contributed by atoms with Crippen molar-refractivity contribution in [3.63, 3.8) is 0 Å². The van der Waals surface area contributed by atoms with Crippen molar-refractivity contribution in [1.29, 1.82) is 0 Å². The standard InChI is InChI=1S/C14H24N2O3/c1-10(13(17)18)11-8-16(9-11)14(19)15(2)12-6-4-3-5-7-12/h10-12H,3-9H2,1-2H3,(H,17,18). The van der Waals surface area contributed by atoms with Crippen LogP contribution in [0.2, 0.25) is 0 Å². The Labute approximate surface area is 114 Å². The third kappa shape index (κ3) is 3.01. The molecular weight excluding hydrogens is 244 g/mol. The summed E-state index contributed by atoms with van der Waals surface area (Å²) >= 11 is 0. The van der Waals surface area contributed by atoms with Gasteiger partial charge in [0.1, 0.15) is 0 Å². The van der Waals surface area contributed by atoms with E-state index in [0.29, 0.717) is 19.1 Å².